The van der Waals surface area contributed by atoms with E-state index in [0.29, 0.717) is 6.61 Å². The van der Waals surface area contributed by atoms with Gasteiger partial charge in [0.25, 0.3) is 0 Å². The van der Waals surface area contributed by atoms with Gasteiger partial charge in [-0.05, 0) is 44.5 Å². The Labute approximate surface area is 154 Å². The van der Waals surface area contributed by atoms with Gasteiger partial charge >= 0.3 is 0 Å². The lowest BCUT2D eigenvalue weighted by Gasteiger charge is -2.29. The molecule has 0 aliphatic rings. The van der Waals surface area contributed by atoms with E-state index in [1.165, 1.54) is 13.2 Å². The number of rotatable bonds is 8. The third-order valence-electron chi connectivity index (χ3n) is 4.18. The van der Waals surface area contributed by atoms with Crippen LogP contribution in [-0.4, -0.2) is 28.7 Å². The molecule has 0 saturated heterocycles. The van der Waals surface area contributed by atoms with Crippen LogP contribution in [0.3, 0.4) is 0 Å². The molecule has 0 spiro atoms. The molecule has 0 saturated carbocycles. The number of aryl methyl sites for hydroxylation is 1. The fourth-order valence-electron chi connectivity index (χ4n) is 2.58. The topological polar surface area (TPSA) is 64.6 Å². The first-order valence-corrected chi connectivity index (χ1v) is 9.75. The van der Waals surface area contributed by atoms with Crippen molar-refractivity contribution in [3.8, 4) is 5.75 Å². The largest absolute Gasteiger partial charge is 0.492 e. The third kappa shape index (κ3) is 4.41. The van der Waals surface area contributed by atoms with Crippen molar-refractivity contribution in [1.29, 1.82) is 0 Å². The smallest absolute Gasteiger partial charge is 0.244 e. The molecular formula is C19H24FNO4S. The van der Waals surface area contributed by atoms with Crippen molar-refractivity contribution in [1.82, 2.24) is 4.72 Å². The van der Waals surface area contributed by atoms with E-state index in [4.69, 9.17) is 9.47 Å². The molecule has 26 heavy (non-hydrogen) atoms. The van der Waals surface area contributed by atoms with Crippen LogP contribution in [0.15, 0.2) is 47.4 Å². The molecule has 2 rings (SSSR count). The van der Waals surface area contributed by atoms with Crippen LogP contribution < -0.4 is 9.46 Å². The molecule has 0 amide bonds. The molecule has 142 valence electrons. The molecule has 0 radical (unpaired) electrons. The number of hydrogen-bond acceptors (Lipinski definition) is 4. The highest BCUT2D eigenvalue weighted by Crippen LogP contribution is 2.29. The first kappa shape index (κ1) is 20.4. The van der Waals surface area contributed by atoms with Crippen molar-refractivity contribution in [3.05, 3.63) is 59.4 Å². The normalized spacial score (nSPS) is 14.0. The van der Waals surface area contributed by atoms with Gasteiger partial charge in [0.15, 0.2) is 0 Å². The Balaban J connectivity index is 2.32. The molecule has 7 heteroatoms. The summed E-state index contributed by atoms with van der Waals surface area (Å²) in [6.45, 7) is 5.42. The predicted molar refractivity (Wildman–Crippen MR) is 98.3 cm³/mol. The van der Waals surface area contributed by atoms with E-state index in [1.54, 1.807) is 57.2 Å². The average molecular weight is 381 g/mol. The molecule has 2 aromatic carbocycles. The quantitative estimate of drug-likeness (QED) is 0.761. The van der Waals surface area contributed by atoms with Crippen LogP contribution in [0.25, 0.3) is 0 Å². The van der Waals surface area contributed by atoms with Gasteiger partial charge in [0.2, 0.25) is 10.0 Å². The highest BCUT2D eigenvalue weighted by atomic mass is 32.2. The summed E-state index contributed by atoms with van der Waals surface area (Å²) >= 11 is 0. The van der Waals surface area contributed by atoms with Crippen LogP contribution in [0.1, 0.15) is 25.0 Å². The van der Waals surface area contributed by atoms with Crippen molar-refractivity contribution in [2.24, 2.45) is 0 Å². The fraction of sp³-hybridized carbons (Fsp3) is 0.368. The van der Waals surface area contributed by atoms with Crippen LogP contribution in [0.4, 0.5) is 4.39 Å². The standard InChI is InChI=1S/C19H24FNO4S/c1-5-25-17-11-10-14(2)12-18(17)26(22,23)21-13-19(3,24-4)15-8-6-7-9-16(15)20/h6-12,21H,5,13H2,1-4H3. The Hall–Kier alpha value is -1.96. The van der Waals surface area contributed by atoms with Gasteiger partial charge in [-0.25, -0.2) is 17.5 Å². The lowest BCUT2D eigenvalue weighted by Crippen LogP contribution is -2.40. The van der Waals surface area contributed by atoms with Crippen molar-refractivity contribution in [2.75, 3.05) is 20.3 Å². The molecule has 0 aliphatic carbocycles. The number of hydrogen-bond donors (Lipinski definition) is 1. The summed E-state index contributed by atoms with van der Waals surface area (Å²) < 4.78 is 53.2. The van der Waals surface area contributed by atoms with E-state index in [0.717, 1.165) is 5.56 Å². The zero-order chi connectivity index (χ0) is 19.4. The van der Waals surface area contributed by atoms with Gasteiger partial charge in [0.1, 0.15) is 22.1 Å². The second kappa shape index (κ2) is 8.16. The van der Waals surface area contributed by atoms with Gasteiger partial charge in [-0.3, -0.25) is 0 Å². The van der Waals surface area contributed by atoms with Crippen molar-refractivity contribution >= 4 is 10.0 Å². The molecule has 0 heterocycles. The van der Waals surface area contributed by atoms with Crippen molar-refractivity contribution in [3.63, 3.8) is 0 Å². The Bertz CT molecular complexity index is 870. The van der Waals surface area contributed by atoms with Crippen molar-refractivity contribution < 1.29 is 22.3 Å². The van der Waals surface area contributed by atoms with E-state index >= 15 is 0 Å². The number of ether oxygens (including phenoxy) is 2. The minimum atomic E-state index is -3.88. The lowest BCUT2D eigenvalue weighted by molar-refractivity contribution is 0.00409. The van der Waals surface area contributed by atoms with Gasteiger partial charge in [0.05, 0.1) is 6.61 Å². The molecule has 0 aliphatic heterocycles. The molecule has 0 bridgehead atoms. The molecule has 5 nitrogen and oxygen atoms in total. The molecule has 2 aromatic rings. The summed E-state index contributed by atoms with van der Waals surface area (Å²) in [4.78, 5) is 0.0475. The number of halogens is 1. The van der Waals surface area contributed by atoms with E-state index in [9.17, 15) is 12.8 Å². The zero-order valence-corrected chi connectivity index (χ0v) is 16.2. The van der Waals surface area contributed by atoms with Crippen LogP contribution in [0.2, 0.25) is 0 Å². The monoisotopic (exact) mass is 381 g/mol. The summed E-state index contributed by atoms with van der Waals surface area (Å²) in [5.41, 5.74) is -0.0921. The van der Waals surface area contributed by atoms with Crippen LogP contribution in [0, 0.1) is 12.7 Å². The van der Waals surface area contributed by atoms with Gasteiger partial charge in [0, 0.05) is 19.2 Å². The van der Waals surface area contributed by atoms with Gasteiger partial charge < -0.3 is 9.47 Å². The summed E-state index contributed by atoms with van der Waals surface area (Å²) in [6.07, 6.45) is 0. The van der Waals surface area contributed by atoms with Crippen LogP contribution in [-0.2, 0) is 20.4 Å². The molecule has 1 unspecified atom stereocenters. The van der Waals surface area contributed by atoms with E-state index in [1.807, 2.05) is 0 Å². The summed E-state index contributed by atoms with van der Waals surface area (Å²) in [5.74, 6) is -0.183. The van der Waals surface area contributed by atoms with Gasteiger partial charge in [-0.1, -0.05) is 24.3 Å². The van der Waals surface area contributed by atoms with Gasteiger partial charge in [-0.2, -0.15) is 0 Å². The number of sulfonamides is 1. The van der Waals surface area contributed by atoms with Crippen LogP contribution in [0.5, 0.6) is 5.75 Å². The van der Waals surface area contributed by atoms with E-state index in [2.05, 4.69) is 4.72 Å². The third-order valence-corrected chi connectivity index (χ3v) is 5.60. The molecule has 0 aromatic heterocycles. The molecular weight excluding hydrogens is 357 g/mol. The molecule has 1 atom stereocenters. The van der Waals surface area contributed by atoms with E-state index in [-0.39, 0.29) is 22.8 Å². The Kier molecular flexibility index (Phi) is 6.39. The maximum absolute atomic E-state index is 14.2. The number of benzene rings is 2. The second-order valence-corrected chi connectivity index (χ2v) is 7.86. The SMILES string of the molecule is CCOc1ccc(C)cc1S(=O)(=O)NCC(C)(OC)c1ccccc1F. The highest BCUT2D eigenvalue weighted by Gasteiger charge is 2.32. The maximum atomic E-state index is 14.2. The summed E-state index contributed by atoms with van der Waals surface area (Å²) in [7, 11) is -2.46. The van der Waals surface area contributed by atoms with E-state index < -0.39 is 21.4 Å². The number of nitrogens with one attached hydrogen (secondary N) is 1. The minimum absolute atomic E-state index is 0.0475. The predicted octanol–water partition coefficient (Wildman–Crippen LogP) is 3.37. The average Bonchev–Trinajstić information content (AvgIpc) is 2.62. The van der Waals surface area contributed by atoms with Crippen molar-refractivity contribution in [2.45, 2.75) is 31.3 Å². The number of methoxy groups -OCH3 is 1. The van der Waals surface area contributed by atoms with Gasteiger partial charge in [-0.15, -0.1) is 0 Å². The summed E-state index contributed by atoms with van der Waals surface area (Å²) in [6, 6.07) is 11.1. The molecule has 1 N–H and O–H groups in total. The Morgan fingerprint density at radius 1 is 1.19 bits per heavy atom. The highest BCUT2D eigenvalue weighted by molar-refractivity contribution is 7.89. The Morgan fingerprint density at radius 2 is 1.88 bits per heavy atom. The zero-order valence-electron chi connectivity index (χ0n) is 15.4. The lowest BCUT2D eigenvalue weighted by atomic mass is 9.95. The Morgan fingerprint density at radius 3 is 2.50 bits per heavy atom. The first-order valence-electron chi connectivity index (χ1n) is 8.27. The first-order chi connectivity index (χ1) is 12.2. The minimum Gasteiger partial charge on any atom is -0.492 e. The second-order valence-electron chi connectivity index (χ2n) is 6.12. The fourth-order valence-corrected chi connectivity index (χ4v) is 3.93. The maximum Gasteiger partial charge on any atom is 0.244 e. The molecule has 0 fully saturated rings. The van der Waals surface area contributed by atoms with Crippen LogP contribution >= 0.6 is 0 Å². The summed E-state index contributed by atoms with van der Waals surface area (Å²) in [5, 5.41) is 0.